The molecule has 1 aromatic carbocycles. The summed E-state index contributed by atoms with van der Waals surface area (Å²) in [6, 6.07) is 7.24. The van der Waals surface area contributed by atoms with Gasteiger partial charge in [0.1, 0.15) is 29.1 Å². The van der Waals surface area contributed by atoms with E-state index < -0.39 is 17.3 Å². The van der Waals surface area contributed by atoms with Crippen molar-refractivity contribution < 1.29 is 13.2 Å². The van der Waals surface area contributed by atoms with Gasteiger partial charge in [0.15, 0.2) is 5.66 Å². The molecule has 3 aliphatic rings. The lowest BCUT2D eigenvalue weighted by Gasteiger charge is -2.33. The smallest absolute Gasteiger partial charge is 0.245 e. The predicted molar refractivity (Wildman–Crippen MR) is 111 cm³/mol. The summed E-state index contributed by atoms with van der Waals surface area (Å²) in [6.07, 6.45) is 5.51. The molecular formula is C21H23F2N7O. The third-order valence-electron chi connectivity index (χ3n) is 5.91. The molecule has 0 amide bonds. The van der Waals surface area contributed by atoms with E-state index in [-0.39, 0.29) is 11.9 Å². The molecule has 5 N–H and O–H groups in total. The fraction of sp³-hybridized carbons (Fsp3) is 0.333. The summed E-state index contributed by atoms with van der Waals surface area (Å²) in [7, 11) is 0. The first kappa shape index (κ1) is 19.7. The highest BCUT2D eigenvalue weighted by atomic mass is 19.1. The molecule has 0 radical (unpaired) electrons. The van der Waals surface area contributed by atoms with Gasteiger partial charge < -0.3 is 15.9 Å². The first-order chi connectivity index (χ1) is 14.9. The maximum atomic E-state index is 14.2. The zero-order valence-electron chi connectivity index (χ0n) is 16.8. The van der Waals surface area contributed by atoms with E-state index in [0.717, 1.165) is 25.5 Å². The lowest BCUT2D eigenvalue weighted by molar-refractivity contribution is 0.137. The zero-order chi connectivity index (χ0) is 21.6. The summed E-state index contributed by atoms with van der Waals surface area (Å²) in [4.78, 5) is 11.2. The molecule has 8 nitrogen and oxygen atoms in total. The van der Waals surface area contributed by atoms with E-state index >= 15 is 0 Å². The van der Waals surface area contributed by atoms with Crippen LogP contribution in [-0.2, 0) is 12.2 Å². The number of amidine groups is 1. The summed E-state index contributed by atoms with van der Waals surface area (Å²) in [5, 5.41) is 1.59. The first-order valence-electron chi connectivity index (χ1n) is 10.1. The fourth-order valence-electron chi connectivity index (χ4n) is 4.47. The molecule has 3 aliphatic heterocycles. The van der Waals surface area contributed by atoms with E-state index in [9.17, 15) is 8.78 Å². The van der Waals surface area contributed by atoms with E-state index in [1.807, 2.05) is 6.07 Å². The number of hydrogen-bond acceptors (Lipinski definition) is 8. The van der Waals surface area contributed by atoms with Crippen LogP contribution in [0.1, 0.15) is 30.6 Å². The van der Waals surface area contributed by atoms with Gasteiger partial charge >= 0.3 is 0 Å². The van der Waals surface area contributed by atoms with Gasteiger partial charge in [-0.2, -0.15) is 10.4 Å². The minimum absolute atomic E-state index is 0.0532. The highest BCUT2D eigenvalue weighted by Crippen LogP contribution is 2.38. The summed E-state index contributed by atoms with van der Waals surface area (Å²) >= 11 is 0. The molecule has 2 unspecified atom stereocenters. The minimum atomic E-state index is -0.945. The van der Waals surface area contributed by atoms with E-state index in [0.29, 0.717) is 36.1 Å². The molecule has 1 saturated heterocycles. The summed E-state index contributed by atoms with van der Waals surface area (Å²) < 4.78 is 33.6. The average molecular weight is 427 g/mol. The Labute approximate surface area is 177 Å². The number of nitrogens with two attached hydrogens (primary N) is 2. The lowest BCUT2D eigenvalue weighted by atomic mass is 9.96. The predicted octanol–water partition coefficient (Wildman–Crippen LogP) is 2.11. The SMILES string of the molecule is NC1=CC(N)=NC2=NC(CC3CCCN3Cc3cc(F)ccc3F)(c3ccco3)NN12. The van der Waals surface area contributed by atoms with Gasteiger partial charge in [0.25, 0.3) is 0 Å². The molecule has 2 atom stereocenters. The number of aliphatic imine (C=N–C) groups is 2. The molecular weight excluding hydrogens is 404 g/mol. The Morgan fingerprint density at radius 1 is 1.26 bits per heavy atom. The second-order valence-corrected chi connectivity index (χ2v) is 8.01. The number of hydrazine groups is 1. The summed E-state index contributed by atoms with van der Waals surface area (Å²) in [5.41, 5.74) is 14.7. The van der Waals surface area contributed by atoms with Gasteiger partial charge in [-0.15, -0.1) is 0 Å². The van der Waals surface area contributed by atoms with Gasteiger partial charge in [-0.25, -0.2) is 18.8 Å². The highest BCUT2D eigenvalue weighted by molar-refractivity contribution is 6.04. The highest BCUT2D eigenvalue weighted by Gasteiger charge is 2.47. The van der Waals surface area contributed by atoms with Crippen molar-refractivity contribution in [3.63, 3.8) is 0 Å². The van der Waals surface area contributed by atoms with Crippen LogP contribution in [0.3, 0.4) is 0 Å². The van der Waals surface area contributed by atoms with Crippen LogP contribution in [0.4, 0.5) is 8.78 Å². The van der Waals surface area contributed by atoms with Crippen molar-refractivity contribution in [1.82, 2.24) is 15.3 Å². The first-order valence-corrected chi connectivity index (χ1v) is 10.1. The standard InChI is InChI=1S/C21H23F2N7O/c22-14-5-6-16(23)13(9-14)12-29-7-1-3-15(29)11-21(17-4-2-8-31-17)27-20-26-18(24)10-19(25)30(20)28-21/h2,4-6,8-10,15,28H,1,3,7,11-12,25H2,(H2,24,26,27). The number of fused-ring (bicyclic) bond motifs is 1. The molecule has 4 heterocycles. The van der Waals surface area contributed by atoms with Crippen LogP contribution >= 0.6 is 0 Å². The number of guanidine groups is 1. The second kappa shape index (κ2) is 7.47. The molecule has 162 valence electrons. The number of hydrogen-bond donors (Lipinski definition) is 3. The number of benzene rings is 1. The Kier molecular flexibility index (Phi) is 4.75. The number of likely N-dealkylation sites (tertiary alicyclic amines) is 1. The average Bonchev–Trinajstić information content (AvgIpc) is 3.46. The number of nitrogens with one attached hydrogen (secondary N) is 1. The maximum absolute atomic E-state index is 14.2. The Bertz CT molecular complexity index is 1080. The fourth-order valence-corrected chi connectivity index (χ4v) is 4.47. The van der Waals surface area contributed by atoms with Gasteiger partial charge in [0, 0.05) is 30.6 Å². The van der Waals surface area contributed by atoms with Crippen molar-refractivity contribution in [2.45, 2.75) is 37.5 Å². The van der Waals surface area contributed by atoms with E-state index in [1.165, 1.54) is 12.1 Å². The van der Waals surface area contributed by atoms with Crippen molar-refractivity contribution in [3.05, 3.63) is 71.5 Å². The molecule has 31 heavy (non-hydrogen) atoms. The van der Waals surface area contributed by atoms with Crippen molar-refractivity contribution in [1.29, 1.82) is 0 Å². The van der Waals surface area contributed by atoms with Gasteiger partial charge in [0.05, 0.1) is 6.26 Å². The Balaban J connectivity index is 1.44. The van der Waals surface area contributed by atoms with Crippen LogP contribution in [0.2, 0.25) is 0 Å². The molecule has 5 rings (SSSR count). The number of furan rings is 1. The number of rotatable bonds is 5. The van der Waals surface area contributed by atoms with Gasteiger partial charge in [-0.05, 0) is 49.7 Å². The van der Waals surface area contributed by atoms with Gasteiger partial charge in [-0.3, -0.25) is 4.90 Å². The molecule has 0 aliphatic carbocycles. The van der Waals surface area contributed by atoms with E-state index in [1.54, 1.807) is 23.4 Å². The molecule has 0 spiro atoms. The summed E-state index contributed by atoms with van der Waals surface area (Å²) in [5.74, 6) is 0.761. The topological polar surface area (TPSA) is 108 Å². The molecule has 1 fully saturated rings. The van der Waals surface area contributed by atoms with Crippen molar-refractivity contribution in [2.24, 2.45) is 21.5 Å². The summed E-state index contributed by atoms with van der Waals surface area (Å²) in [6.45, 7) is 1.10. The normalized spacial score (nSPS) is 25.9. The van der Waals surface area contributed by atoms with Crippen molar-refractivity contribution >= 4 is 11.8 Å². The maximum Gasteiger partial charge on any atom is 0.245 e. The molecule has 1 aromatic heterocycles. The number of nitrogens with zero attached hydrogens (tertiary/aromatic N) is 4. The molecule has 2 aromatic rings. The van der Waals surface area contributed by atoms with Crippen LogP contribution in [-0.4, -0.2) is 34.3 Å². The molecule has 10 heteroatoms. The largest absolute Gasteiger partial charge is 0.465 e. The van der Waals surface area contributed by atoms with Crippen molar-refractivity contribution in [3.8, 4) is 0 Å². The lowest BCUT2D eigenvalue weighted by Crippen LogP contribution is -2.51. The monoisotopic (exact) mass is 427 g/mol. The Morgan fingerprint density at radius 2 is 2.13 bits per heavy atom. The minimum Gasteiger partial charge on any atom is -0.465 e. The van der Waals surface area contributed by atoms with E-state index in [4.69, 9.17) is 20.9 Å². The van der Waals surface area contributed by atoms with E-state index in [2.05, 4.69) is 15.3 Å². The van der Waals surface area contributed by atoms with Crippen molar-refractivity contribution in [2.75, 3.05) is 6.54 Å². The second-order valence-electron chi connectivity index (χ2n) is 8.01. The third kappa shape index (κ3) is 3.57. The van der Waals surface area contributed by atoms with Gasteiger partial charge in [0.2, 0.25) is 5.96 Å². The molecule has 0 saturated carbocycles. The van der Waals surface area contributed by atoms with Crippen LogP contribution in [0.25, 0.3) is 0 Å². The molecule has 0 bridgehead atoms. The van der Waals surface area contributed by atoms with Crippen LogP contribution in [0, 0.1) is 11.6 Å². The van der Waals surface area contributed by atoms with Gasteiger partial charge in [-0.1, -0.05) is 0 Å². The number of halogens is 2. The van der Waals surface area contributed by atoms with Crippen LogP contribution < -0.4 is 16.9 Å². The Morgan fingerprint density at radius 3 is 2.94 bits per heavy atom. The third-order valence-corrected chi connectivity index (χ3v) is 5.91. The Hall–Kier alpha value is -3.24. The quantitative estimate of drug-likeness (QED) is 0.675. The van der Waals surface area contributed by atoms with Crippen LogP contribution in [0.15, 0.2) is 62.9 Å². The zero-order valence-corrected chi connectivity index (χ0v) is 16.8. The van der Waals surface area contributed by atoms with Crippen LogP contribution in [0.5, 0.6) is 0 Å².